The first kappa shape index (κ1) is 19.1. The zero-order valence-corrected chi connectivity index (χ0v) is 15.2. The van der Waals surface area contributed by atoms with E-state index in [1.54, 1.807) is 0 Å². The average molecular weight is 347 g/mol. The van der Waals surface area contributed by atoms with E-state index in [1.165, 1.54) is 0 Å². The van der Waals surface area contributed by atoms with E-state index in [0.29, 0.717) is 32.5 Å². The number of ether oxygens (including phenoxy) is 1. The van der Waals surface area contributed by atoms with E-state index in [9.17, 15) is 9.59 Å². The van der Waals surface area contributed by atoms with E-state index in [1.807, 2.05) is 49.1 Å². The minimum Gasteiger partial charge on any atom is -0.494 e. The summed E-state index contributed by atoms with van der Waals surface area (Å²) in [6.45, 7) is 5.80. The molecule has 1 saturated heterocycles. The number of carbonyl (C=O) groups is 2. The minimum absolute atomic E-state index is 0.0159. The van der Waals surface area contributed by atoms with Crippen LogP contribution in [0.25, 0.3) is 0 Å². The van der Waals surface area contributed by atoms with E-state index in [-0.39, 0.29) is 24.0 Å². The van der Waals surface area contributed by atoms with Crippen molar-refractivity contribution in [2.24, 2.45) is 0 Å². The second-order valence-corrected chi connectivity index (χ2v) is 6.70. The lowest BCUT2D eigenvalue weighted by molar-refractivity contribution is -0.122. The number of nitrogens with zero attached hydrogens (tertiary/aromatic N) is 1. The number of rotatable bonds is 7. The maximum absolute atomic E-state index is 12.0. The summed E-state index contributed by atoms with van der Waals surface area (Å²) in [5.41, 5.74) is 0. The fourth-order valence-electron chi connectivity index (χ4n) is 2.80. The maximum Gasteiger partial charge on any atom is 0.317 e. The van der Waals surface area contributed by atoms with Gasteiger partial charge in [-0.2, -0.15) is 0 Å². The SMILES string of the molecule is CC(C)NC(=O)N1CCC(NC(=O)CCCOc2ccccc2)CC1. The van der Waals surface area contributed by atoms with Crippen molar-refractivity contribution in [3.8, 4) is 5.75 Å². The van der Waals surface area contributed by atoms with Gasteiger partial charge in [0.25, 0.3) is 0 Å². The number of piperidine rings is 1. The Hall–Kier alpha value is -2.24. The smallest absolute Gasteiger partial charge is 0.317 e. The molecule has 0 saturated carbocycles. The van der Waals surface area contributed by atoms with Crippen LogP contribution in [0.4, 0.5) is 4.79 Å². The van der Waals surface area contributed by atoms with Gasteiger partial charge in [0.1, 0.15) is 5.75 Å². The van der Waals surface area contributed by atoms with Crippen molar-refractivity contribution < 1.29 is 14.3 Å². The Morgan fingerprint density at radius 2 is 1.88 bits per heavy atom. The maximum atomic E-state index is 12.0. The summed E-state index contributed by atoms with van der Waals surface area (Å²) < 4.78 is 5.59. The predicted octanol–water partition coefficient (Wildman–Crippen LogP) is 2.54. The highest BCUT2D eigenvalue weighted by molar-refractivity contribution is 5.76. The molecule has 2 rings (SSSR count). The molecule has 6 heteroatoms. The fourth-order valence-corrected chi connectivity index (χ4v) is 2.80. The Morgan fingerprint density at radius 3 is 2.52 bits per heavy atom. The molecule has 1 aliphatic heterocycles. The molecule has 2 N–H and O–H groups in total. The van der Waals surface area contributed by atoms with Gasteiger partial charge in [-0.15, -0.1) is 0 Å². The molecule has 0 aliphatic carbocycles. The molecule has 1 aromatic rings. The molecule has 0 unspecified atom stereocenters. The predicted molar refractivity (Wildman–Crippen MR) is 97.6 cm³/mol. The summed E-state index contributed by atoms with van der Waals surface area (Å²) in [5.74, 6) is 0.886. The lowest BCUT2D eigenvalue weighted by atomic mass is 10.0. The van der Waals surface area contributed by atoms with Crippen LogP contribution in [0.5, 0.6) is 5.75 Å². The van der Waals surface area contributed by atoms with Crippen molar-refractivity contribution in [3.63, 3.8) is 0 Å². The van der Waals surface area contributed by atoms with Gasteiger partial charge in [0.2, 0.25) is 5.91 Å². The highest BCUT2D eigenvalue weighted by Crippen LogP contribution is 2.12. The molecule has 0 atom stereocenters. The number of para-hydroxylation sites is 1. The molecule has 25 heavy (non-hydrogen) atoms. The molecule has 0 spiro atoms. The Bertz CT molecular complexity index is 540. The molecular formula is C19H29N3O3. The molecule has 1 fully saturated rings. The molecule has 1 aliphatic rings. The number of urea groups is 1. The van der Waals surface area contributed by atoms with Gasteiger partial charge < -0.3 is 20.3 Å². The largest absolute Gasteiger partial charge is 0.494 e. The third-order valence-corrected chi connectivity index (χ3v) is 4.12. The van der Waals surface area contributed by atoms with Crippen molar-refractivity contribution in [2.45, 2.75) is 51.6 Å². The average Bonchev–Trinajstić information content (AvgIpc) is 2.60. The second-order valence-electron chi connectivity index (χ2n) is 6.70. The summed E-state index contributed by atoms with van der Waals surface area (Å²) in [6.07, 6.45) is 2.76. The summed E-state index contributed by atoms with van der Waals surface area (Å²) in [4.78, 5) is 25.8. The third-order valence-electron chi connectivity index (χ3n) is 4.12. The molecule has 3 amide bonds. The Balaban J connectivity index is 1.58. The van der Waals surface area contributed by atoms with Crippen LogP contribution in [0.3, 0.4) is 0 Å². The first-order valence-corrected chi connectivity index (χ1v) is 9.07. The van der Waals surface area contributed by atoms with Crippen LogP contribution >= 0.6 is 0 Å². The number of hydrogen-bond donors (Lipinski definition) is 2. The number of carbonyl (C=O) groups excluding carboxylic acids is 2. The standard InChI is InChI=1S/C19H29N3O3/c1-15(2)20-19(24)22-12-10-16(11-13-22)21-18(23)9-6-14-25-17-7-4-3-5-8-17/h3-5,7-8,15-16H,6,9-14H2,1-2H3,(H,20,24)(H,21,23). The zero-order valence-electron chi connectivity index (χ0n) is 15.2. The summed E-state index contributed by atoms with van der Waals surface area (Å²) >= 11 is 0. The number of benzene rings is 1. The van der Waals surface area contributed by atoms with Gasteiger partial charge in [0.05, 0.1) is 6.61 Å². The molecule has 6 nitrogen and oxygen atoms in total. The molecule has 1 aromatic carbocycles. The van der Waals surface area contributed by atoms with Crippen LogP contribution < -0.4 is 15.4 Å². The first-order chi connectivity index (χ1) is 12.0. The highest BCUT2D eigenvalue weighted by Gasteiger charge is 2.23. The monoisotopic (exact) mass is 347 g/mol. The summed E-state index contributed by atoms with van der Waals surface area (Å²) in [5, 5.41) is 5.97. The Morgan fingerprint density at radius 1 is 1.20 bits per heavy atom. The minimum atomic E-state index is -0.0159. The van der Waals surface area contributed by atoms with E-state index in [0.717, 1.165) is 18.6 Å². The van der Waals surface area contributed by atoms with E-state index in [2.05, 4.69) is 10.6 Å². The fraction of sp³-hybridized carbons (Fsp3) is 0.579. The molecular weight excluding hydrogens is 318 g/mol. The zero-order chi connectivity index (χ0) is 18.1. The third kappa shape index (κ3) is 7.03. The molecule has 1 heterocycles. The van der Waals surface area contributed by atoms with Crippen LogP contribution in [0.2, 0.25) is 0 Å². The van der Waals surface area contributed by atoms with E-state index < -0.39 is 0 Å². The normalized spacial score (nSPS) is 15.1. The second kappa shape index (κ2) is 9.91. The number of hydrogen-bond acceptors (Lipinski definition) is 3. The van der Waals surface area contributed by atoms with Gasteiger partial charge in [0.15, 0.2) is 0 Å². The number of nitrogens with one attached hydrogen (secondary N) is 2. The molecule has 138 valence electrons. The highest BCUT2D eigenvalue weighted by atomic mass is 16.5. The van der Waals surface area contributed by atoms with Crippen molar-refractivity contribution in [2.75, 3.05) is 19.7 Å². The van der Waals surface area contributed by atoms with Crippen LogP contribution in [0.1, 0.15) is 39.5 Å². The van der Waals surface area contributed by atoms with Crippen molar-refractivity contribution in [1.82, 2.24) is 15.5 Å². The van der Waals surface area contributed by atoms with Gasteiger partial charge in [-0.3, -0.25) is 4.79 Å². The van der Waals surface area contributed by atoms with Gasteiger partial charge in [-0.1, -0.05) is 18.2 Å². The van der Waals surface area contributed by atoms with Gasteiger partial charge in [0, 0.05) is 31.6 Å². The molecule has 0 radical (unpaired) electrons. The van der Waals surface area contributed by atoms with Crippen molar-refractivity contribution in [3.05, 3.63) is 30.3 Å². The van der Waals surface area contributed by atoms with Gasteiger partial charge in [-0.05, 0) is 45.2 Å². The van der Waals surface area contributed by atoms with Crippen LogP contribution in [-0.4, -0.2) is 48.6 Å². The van der Waals surface area contributed by atoms with Crippen LogP contribution in [-0.2, 0) is 4.79 Å². The molecule has 0 aromatic heterocycles. The van der Waals surface area contributed by atoms with Gasteiger partial charge >= 0.3 is 6.03 Å². The lowest BCUT2D eigenvalue weighted by Crippen LogP contribution is -2.50. The van der Waals surface area contributed by atoms with E-state index in [4.69, 9.17) is 4.74 Å². The first-order valence-electron chi connectivity index (χ1n) is 9.07. The Kier molecular flexibility index (Phi) is 7.57. The topological polar surface area (TPSA) is 70.7 Å². The van der Waals surface area contributed by atoms with Crippen molar-refractivity contribution in [1.29, 1.82) is 0 Å². The van der Waals surface area contributed by atoms with Crippen LogP contribution in [0.15, 0.2) is 30.3 Å². The number of likely N-dealkylation sites (tertiary alicyclic amines) is 1. The van der Waals surface area contributed by atoms with Gasteiger partial charge in [-0.25, -0.2) is 4.79 Å². The quantitative estimate of drug-likeness (QED) is 0.745. The summed E-state index contributed by atoms with van der Waals surface area (Å²) in [7, 11) is 0. The van der Waals surface area contributed by atoms with Crippen molar-refractivity contribution >= 4 is 11.9 Å². The molecule has 0 bridgehead atoms. The Labute approximate surface area is 149 Å². The lowest BCUT2D eigenvalue weighted by Gasteiger charge is -2.33. The summed E-state index contributed by atoms with van der Waals surface area (Å²) in [6, 6.07) is 9.89. The number of amides is 3. The van der Waals surface area contributed by atoms with Crippen LogP contribution in [0, 0.1) is 0 Å². The van der Waals surface area contributed by atoms with E-state index >= 15 is 0 Å².